The summed E-state index contributed by atoms with van der Waals surface area (Å²) in [5.41, 5.74) is 3.64. The highest BCUT2D eigenvalue weighted by Crippen LogP contribution is 2.45. The molecule has 0 fully saturated rings. The molecule has 3 heterocycles. The van der Waals surface area contributed by atoms with Crippen LogP contribution < -0.4 is 10.2 Å². The molecule has 1 aliphatic heterocycles. The van der Waals surface area contributed by atoms with Crippen molar-refractivity contribution in [1.29, 1.82) is 0 Å². The van der Waals surface area contributed by atoms with E-state index >= 15 is 0 Å². The van der Waals surface area contributed by atoms with Crippen molar-refractivity contribution in [3.05, 3.63) is 70.0 Å². The van der Waals surface area contributed by atoms with Gasteiger partial charge in [0.25, 0.3) is 0 Å². The molecule has 6 nitrogen and oxygen atoms in total. The fraction of sp³-hybridized carbons (Fsp3) is 0.346. The topological polar surface area (TPSA) is 70.4 Å². The Hall–Kier alpha value is -3.48. The third-order valence-electron chi connectivity index (χ3n) is 6.06. The first-order valence-corrected chi connectivity index (χ1v) is 10.9. The molecule has 4 rings (SSSR count). The lowest BCUT2D eigenvalue weighted by Gasteiger charge is -2.39. The number of ether oxygens (including phenoxy) is 2. The van der Waals surface area contributed by atoms with Gasteiger partial charge in [-0.2, -0.15) is 4.39 Å². The first-order chi connectivity index (χ1) is 15.6. The van der Waals surface area contributed by atoms with Crippen molar-refractivity contribution in [1.82, 2.24) is 9.55 Å². The molecule has 172 valence electrons. The van der Waals surface area contributed by atoms with Crippen LogP contribution >= 0.6 is 0 Å². The van der Waals surface area contributed by atoms with E-state index in [9.17, 15) is 14.0 Å². The minimum absolute atomic E-state index is 0.0126. The Bertz CT molecular complexity index is 1270. The molecular formula is C26H27FN2O4. The van der Waals surface area contributed by atoms with Crippen molar-refractivity contribution in [2.45, 2.75) is 40.2 Å². The van der Waals surface area contributed by atoms with E-state index in [4.69, 9.17) is 9.47 Å². The summed E-state index contributed by atoms with van der Waals surface area (Å²) < 4.78 is 26.1. The largest absolute Gasteiger partial charge is 0.496 e. The lowest BCUT2D eigenvalue weighted by molar-refractivity contribution is 0.0523. The van der Waals surface area contributed by atoms with Gasteiger partial charge in [0, 0.05) is 41.2 Å². The molecule has 2 aromatic heterocycles. The summed E-state index contributed by atoms with van der Waals surface area (Å²) in [4.78, 5) is 29.0. The highest BCUT2D eigenvalue weighted by atomic mass is 19.1. The number of hydrogen-bond donors (Lipinski definition) is 0. The normalized spacial score (nSPS) is 14.9. The fourth-order valence-corrected chi connectivity index (χ4v) is 4.38. The van der Waals surface area contributed by atoms with Crippen LogP contribution in [0.5, 0.6) is 5.75 Å². The molecule has 3 aromatic rings. The van der Waals surface area contributed by atoms with Gasteiger partial charge in [0.2, 0.25) is 5.95 Å². The second kappa shape index (κ2) is 8.46. The summed E-state index contributed by atoms with van der Waals surface area (Å²) >= 11 is 0. The van der Waals surface area contributed by atoms with Crippen molar-refractivity contribution in [2.75, 3.05) is 13.7 Å². The average molecular weight is 451 g/mol. The number of fused-ring (bicyclic) bond motifs is 3. The van der Waals surface area contributed by atoms with E-state index in [1.54, 1.807) is 26.3 Å². The molecule has 0 saturated carbocycles. The molecule has 7 heteroatoms. The summed E-state index contributed by atoms with van der Waals surface area (Å²) in [6.45, 7) is 8.29. The Morgan fingerprint density at radius 3 is 2.58 bits per heavy atom. The molecule has 0 amide bonds. The zero-order valence-electron chi connectivity index (χ0n) is 19.4. The molecule has 1 aromatic carbocycles. The molecule has 0 aliphatic carbocycles. The van der Waals surface area contributed by atoms with Crippen molar-refractivity contribution in [3.8, 4) is 28.1 Å². The number of esters is 1. The highest BCUT2D eigenvalue weighted by molar-refractivity contribution is 5.89. The number of rotatable bonds is 4. The summed E-state index contributed by atoms with van der Waals surface area (Å²) in [6, 6.07) is 8.39. The summed E-state index contributed by atoms with van der Waals surface area (Å²) in [5, 5.41) is 0. The van der Waals surface area contributed by atoms with E-state index in [0.29, 0.717) is 12.2 Å². The lowest BCUT2D eigenvalue weighted by Crippen LogP contribution is -2.33. The monoisotopic (exact) mass is 450 g/mol. The molecule has 0 saturated heterocycles. The van der Waals surface area contributed by atoms with Gasteiger partial charge in [-0.25, -0.2) is 9.78 Å². The Balaban J connectivity index is 1.95. The smallest absolute Gasteiger partial charge is 0.343 e. The fourth-order valence-electron chi connectivity index (χ4n) is 4.38. The van der Waals surface area contributed by atoms with Crippen LogP contribution in [0.4, 0.5) is 4.39 Å². The summed E-state index contributed by atoms with van der Waals surface area (Å²) in [5.74, 6) is -0.577. The Labute approximate surface area is 192 Å². The molecule has 0 bridgehead atoms. The van der Waals surface area contributed by atoms with Crippen molar-refractivity contribution < 1.29 is 18.7 Å². The minimum atomic E-state index is -0.618. The van der Waals surface area contributed by atoms with Gasteiger partial charge in [0.15, 0.2) is 5.43 Å². The van der Waals surface area contributed by atoms with E-state index in [1.165, 1.54) is 18.3 Å². The van der Waals surface area contributed by atoms with Crippen LogP contribution in [0.15, 0.2) is 47.5 Å². The molecule has 33 heavy (non-hydrogen) atoms. The third kappa shape index (κ3) is 4.15. The van der Waals surface area contributed by atoms with Gasteiger partial charge in [-0.05, 0) is 48.6 Å². The van der Waals surface area contributed by atoms with Crippen LogP contribution in [-0.4, -0.2) is 29.2 Å². The van der Waals surface area contributed by atoms with Crippen LogP contribution in [0, 0.1) is 11.4 Å². The Kier molecular flexibility index (Phi) is 5.82. The maximum Gasteiger partial charge on any atom is 0.343 e. The number of methoxy groups -OCH3 is 1. The first-order valence-electron chi connectivity index (χ1n) is 10.9. The van der Waals surface area contributed by atoms with Crippen LogP contribution in [0.1, 0.15) is 49.7 Å². The molecule has 1 aliphatic rings. The Morgan fingerprint density at radius 1 is 1.21 bits per heavy atom. The number of aromatic nitrogens is 2. The molecule has 0 N–H and O–H groups in total. The van der Waals surface area contributed by atoms with Gasteiger partial charge in [-0.3, -0.25) is 4.79 Å². The van der Waals surface area contributed by atoms with Crippen LogP contribution in [0.3, 0.4) is 0 Å². The summed E-state index contributed by atoms with van der Waals surface area (Å²) in [7, 11) is 1.57. The van der Waals surface area contributed by atoms with Gasteiger partial charge in [-0.1, -0.05) is 20.8 Å². The van der Waals surface area contributed by atoms with Crippen molar-refractivity contribution in [3.63, 3.8) is 0 Å². The average Bonchev–Trinajstić information content (AvgIpc) is 2.77. The van der Waals surface area contributed by atoms with Crippen LogP contribution in [-0.2, 0) is 11.2 Å². The predicted octanol–water partition coefficient (Wildman–Crippen LogP) is 5.05. The molecular weight excluding hydrogens is 423 g/mol. The van der Waals surface area contributed by atoms with E-state index in [1.807, 2.05) is 16.7 Å². The van der Waals surface area contributed by atoms with E-state index in [-0.39, 0.29) is 29.1 Å². The van der Waals surface area contributed by atoms with Gasteiger partial charge in [-0.15, -0.1) is 0 Å². The number of pyridine rings is 2. The van der Waals surface area contributed by atoms with Crippen molar-refractivity contribution in [2.24, 2.45) is 5.41 Å². The molecule has 1 unspecified atom stereocenters. The van der Waals surface area contributed by atoms with Crippen molar-refractivity contribution >= 4 is 5.97 Å². The number of nitrogens with zero attached hydrogens (tertiary/aromatic N) is 2. The van der Waals surface area contributed by atoms with Crippen LogP contribution in [0.25, 0.3) is 22.4 Å². The zero-order chi connectivity index (χ0) is 23.9. The predicted molar refractivity (Wildman–Crippen MR) is 124 cm³/mol. The maximum atomic E-state index is 13.4. The second-order valence-electron chi connectivity index (χ2n) is 9.23. The second-order valence-corrected chi connectivity index (χ2v) is 9.23. The molecule has 1 atom stereocenters. The number of hydrogen-bond acceptors (Lipinski definition) is 5. The number of carbonyl (C=O) groups excluding carboxylic acids is 1. The number of carbonyl (C=O) groups is 1. The van der Waals surface area contributed by atoms with Gasteiger partial charge in [0.05, 0.1) is 19.4 Å². The summed E-state index contributed by atoms with van der Waals surface area (Å²) in [6.07, 6.45) is 3.79. The highest BCUT2D eigenvalue weighted by Gasteiger charge is 2.34. The van der Waals surface area contributed by atoms with Gasteiger partial charge in [0.1, 0.15) is 11.3 Å². The maximum absolute atomic E-state index is 13.4. The standard InChI is InChI=1S/C26H27FN2O4/c1-6-33-25(31)19-14-29-20(12-21(19)30)17-11-22(32-5)18(15-7-8-24(27)28-13-15)9-16(17)10-23(29)26(2,3)4/h7-9,11-14,23H,6,10H2,1-5H3. The Morgan fingerprint density at radius 2 is 1.97 bits per heavy atom. The van der Waals surface area contributed by atoms with Crippen LogP contribution in [0.2, 0.25) is 0 Å². The third-order valence-corrected chi connectivity index (χ3v) is 6.06. The van der Waals surface area contributed by atoms with E-state index in [0.717, 1.165) is 27.9 Å². The van der Waals surface area contributed by atoms with E-state index in [2.05, 4.69) is 25.8 Å². The first kappa shape index (κ1) is 22.7. The van der Waals surface area contributed by atoms with Gasteiger partial charge >= 0.3 is 5.97 Å². The zero-order valence-corrected chi connectivity index (χ0v) is 19.4. The van der Waals surface area contributed by atoms with E-state index < -0.39 is 11.9 Å². The van der Waals surface area contributed by atoms with Gasteiger partial charge < -0.3 is 14.0 Å². The number of halogens is 1. The SMILES string of the molecule is CCOC(=O)c1cn2c(cc1=O)-c1cc(OC)c(-c3ccc(F)nc3)cc1CC2C(C)(C)C. The molecule has 0 spiro atoms. The lowest BCUT2D eigenvalue weighted by atomic mass is 9.78. The minimum Gasteiger partial charge on any atom is -0.496 e. The quantitative estimate of drug-likeness (QED) is 0.411. The number of benzene rings is 1. The molecule has 0 radical (unpaired) electrons.